The zero-order valence-corrected chi connectivity index (χ0v) is 7.15. The molecular weight excluding hydrogens is 205 g/mol. The minimum Gasteiger partial charge on any atom is -0.395 e. The molecule has 0 unspecified atom stereocenters. The van der Waals surface area contributed by atoms with Crippen molar-refractivity contribution in [3.8, 4) is 0 Å². The lowest BCUT2D eigenvalue weighted by Gasteiger charge is -2.08. The van der Waals surface area contributed by atoms with Gasteiger partial charge in [-0.2, -0.15) is 4.39 Å². The van der Waals surface area contributed by atoms with Crippen LogP contribution < -0.4 is 5.73 Å². The lowest BCUT2D eigenvalue weighted by Crippen LogP contribution is -2.04. The second kappa shape index (κ2) is 3.83. The van der Waals surface area contributed by atoms with Crippen molar-refractivity contribution in [1.29, 1.82) is 0 Å². The molecule has 2 nitrogen and oxygen atoms in total. The molecule has 0 bridgehead atoms. The van der Waals surface area contributed by atoms with E-state index in [4.69, 9.17) is 17.3 Å². The van der Waals surface area contributed by atoms with Gasteiger partial charge in [0, 0.05) is 12.1 Å². The van der Waals surface area contributed by atoms with Gasteiger partial charge in [-0.15, -0.1) is 11.6 Å². The first-order chi connectivity index (χ1) is 6.07. The number of nitrogens with zero attached hydrogens (tertiary/aromatic N) is 1. The minimum atomic E-state index is -2.84. The lowest BCUT2D eigenvalue weighted by molar-refractivity contribution is 0.151. The predicted molar refractivity (Wildman–Crippen MR) is 43.1 cm³/mol. The Morgan fingerprint density at radius 3 is 2.62 bits per heavy atom. The van der Waals surface area contributed by atoms with Crippen LogP contribution in [-0.4, -0.2) is 4.98 Å². The fraction of sp³-hybridized carbons (Fsp3) is 0.286. The van der Waals surface area contributed by atoms with Crippen LogP contribution in [0.5, 0.6) is 0 Å². The van der Waals surface area contributed by atoms with Crippen molar-refractivity contribution in [2.75, 3.05) is 5.73 Å². The molecule has 72 valence electrons. The molecule has 0 saturated heterocycles. The monoisotopic (exact) mass is 210 g/mol. The average Bonchev–Trinajstić information content (AvgIpc) is 2.08. The Labute approximate surface area is 77.5 Å². The fourth-order valence-corrected chi connectivity index (χ4v) is 1.13. The van der Waals surface area contributed by atoms with Crippen LogP contribution in [0.15, 0.2) is 6.20 Å². The molecular formula is C7H6ClF3N2. The van der Waals surface area contributed by atoms with E-state index in [2.05, 4.69) is 4.98 Å². The van der Waals surface area contributed by atoms with Gasteiger partial charge in [-0.1, -0.05) is 0 Å². The molecule has 1 rings (SSSR count). The highest BCUT2D eigenvalue weighted by molar-refractivity contribution is 6.17. The van der Waals surface area contributed by atoms with Gasteiger partial charge >= 0.3 is 0 Å². The standard InChI is InChI=1S/C7H6ClF3N2/c8-1-3-2-13-7(11)5(12)4(3)6(9)10/h2,6H,1,12H2. The van der Waals surface area contributed by atoms with Gasteiger partial charge in [0.1, 0.15) is 0 Å². The summed E-state index contributed by atoms with van der Waals surface area (Å²) in [4.78, 5) is 3.18. The maximum atomic E-state index is 12.6. The number of hydrogen-bond donors (Lipinski definition) is 1. The third-order valence-corrected chi connectivity index (χ3v) is 1.84. The summed E-state index contributed by atoms with van der Waals surface area (Å²) in [5.74, 6) is -1.26. The Bertz CT molecular complexity index is 317. The molecule has 2 N–H and O–H groups in total. The lowest BCUT2D eigenvalue weighted by atomic mass is 10.1. The molecule has 13 heavy (non-hydrogen) atoms. The average molecular weight is 211 g/mol. The van der Waals surface area contributed by atoms with Crippen LogP contribution in [0, 0.1) is 5.95 Å². The van der Waals surface area contributed by atoms with Gasteiger partial charge in [-0.25, -0.2) is 13.8 Å². The van der Waals surface area contributed by atoms with E-state index >= 15 is 0 Å². The summed E-state index contributed by atoms with van der Waals surface area (Å²) < 4.78 is 37.3. The van der Waals surface area contributed by atoms with Gasteiger partial charge in [0.05, 0.1) is 11.3 Å². The van der Waals surface area contributed by atoms with Crippen molar-refractivity contribution in [3.63, 3.8) is 0 Å². The molecule has 0 aliphatic rings. The highest BCUT2D eigenvalue weighted by Crippen LogP contribution is 2.30. The topological polar surface area (TPSA) is 38.9 Å². The number of nitrogens with two attached hydrogens (primary N) is 1. The highest BCUT2D eigenvalue weighted by atomic mass is 35.5. The van der Waals surface area contributed by atoms with E-state index < -0.39 is 23.6 Å². The number of rotatable bonds is 2. The summed E-state index contributed by atoms with van der Waals surface area (Å²) in [7, 11) is 0. The first-order valence-corrected chi connectivity index (χ1v) is 3.88. The van der Waals surface area contributed by atoms with E-state index in [1.54, 1.807) is 0 Å². The molecule has 1 aromatic heterocycles. The fourth-order valence-electron chi connectivity index (χ4n) is 0.922. The third-order valence-electron chi connectivity index (χ3n) is 1.55. The first kappa shape index (κ1) is 10.1. The van der Waals surface area contributed by atoms with Crippen molar-refractivity contribution >= 4 is 17.3 Å². The van der Waals surface area contributed by atoms with Gasteiger partial charge in [0.2, 0.25) is 5.95 Å². The molecule has 0 fully saturated rings. The van der Waals surface area contributed by atoms with Crippen LogP contribution >= 0.6 is 11.6 Å². The molecule has 0 atom stereocenters. The third kappa shape index (κ3) is 1.85. The SMILES string of the molecule is Nc1c(F)ncc(CCl)c1C(F)F. The van der Waals surface area contributed by atoms with Gasteiger partial charge in [-0.3, -0.25) is 0 Å². The van der Waals surface area contributed by atoms with E-state index in [9.17, 15) is 13.2 Å². The van der Waals surface area contributed by atoms with E-state index in [0.717, 1.165) is 6.20 Å². The van der Waals surface area contributed by atoms with Crippen molar-refractivity contribution in [1.82, 2.24) is 4.98 Å². The Kier molecular flexibility index (Phi) is 2.98. The van der Waals surface area contributed by atoms with Crippen LogP contribution in [0.2, 0.25) is 0 Å². The van der Waals surface area contributed by atoms with Crippen molar-refractivity contribution < 1.29 is 13.2 Å². The molecule has 1 heterocycles. The smallest absolute Gasteiger partial charge is 0.266 e. The van der Waals surface area contributed by atoms with Crippen LogP contribution in [0.4, 0.5) is 18.9 Å². The summed E-state index contributed by atoms with van der Waals surface area (Å²) in [6, 6.07) is 0. The van der Waals surface area contributed by atoms with Crippen LogP contribution in [0.1, 0.15) is 17.6 Å². The van der Waals surface area contributed by atoms with Crippen molar-refractivity contribution in [2.45, 2.75) is 12.3 Å². The number of anilines is 1. The maximum absolute atomic E-state index is 12.6. The van der Waals surface area contributed by atoms with E-state index in [-0.39, 0.29) is 11.4 Å². The second-order valence-electron chi connectivity index (χ2n) is 2.34. The van der Waals surface area contributed by atoms with Crippen LogP contribution in [0.25, 0.3) is 0 Å². The number of alkyl halides is 3. The van der Waals surface area contributed by atoms with Gasteiger partial charge in [-0.05, 0) is 5.56 Å². The Hall–Kier alpha value is -0.970. The van der Waals surface area contributed by atoms with Gasteiger partial charge in [0.25, 0.3) is 6.43 Å². The van der Waals surface area contributed by atoms with Crippen molar-refractivity contribution in [3.05, 3.63) is 23.3 Å². The first-order valence-electron chi connectivity index (χ1n) is 3.34. The molecule has 0 radical (unpaired) electrons. The number of aromatic nitrogens is 1. The highest BCUT2D eigenvalue weighted by Gasteiger charge is 2.19. The second-order valence-corrected chi connectivity index (χ2v) is 2.60. The zero-order chi connectivity index (χ0) is 10.0. The minimum absolute atomic E-state index is 0.0515. The van der Waals surface area contributed by atoms with E-state index in [1.807, 2.05) is 0 Å². The predicted octanol–water partition coefficient (Wildman–Crippen LogP) is 2.48. The number of pyridine rings is 1. The molecule has 6 heteroatoms. The Morgan fingerprint density at radius 1 is 1.54 bits per heavy atom. The van der Waals surface area contributed by atoms with Crippen LogP contribution in [-0.2, 0) is 5.88 Å². The summed E-state index contributed by atoms with van der Waals surface area (Å²) in [5, 5.41) is 0. The quantitative estimate of drug-likeness (QED) is 0.602. The van der Waals surface area contributed by atoms with Gasteiger partial charge in [0.15, 0.2) is 0 Å². The van der Waals surface area contributed by atoms with E-state index in [1.165, 1.54) is 0 Å². The zero-order valence-electron chi connectivity index (χ0n) is 6.40. The molecule has 0 amide bonds. The molecule has 0 aliphatic carbocycles. The van der Waals surface area contributed by atoms with E-state index in [0.29, 0.717) is 0 Å². The number of halogens is 4. The summed E-state index contributed by atoms with van der Waals surface area (Å²) in [6.07, 6.45) is -1.88. The summed E-state index contributed by atoms with van der Waals surface area (Å²) in [6.45, 7) is 0. The maximum Gasteiger partial charge on any atom is 0.266 e. The molecule has 0 aliphatic heterocycles. The normalized spacial score (nSPS) is 10.8. The number of hydrogen-bond acceptors (Lipinski definition) is 2. The molecule has 0 spiro atoms. The van der Waals surface area contributed by atoms with Crippen LogP contribution in [0.3, 0.4) is 0 Å². The summed E-state index contributed by atoms with van der Waals surface area (Å²) in [5.41, 5.74) is 3.94. The van der Waals surface area contributed by atoms with Crippen molar-refractivity contribution in [2.24, 2.45) is 0 Å². The number of nitrogen functional groups attached to an aromatic ring is 1. The molecule has 1 aromatic rings. The molecule has 0 aromatic carbocycles. The largest absolute Gasteiger partial charge is 0.395 e. The Morgan fingerprint density at radius 2 is 2.15 bits per heavy atom. The molecule has 0 saturated carbocycles. The Balaban J connectivity index is 3.32. The van der Waals surface area contributed by atoms with Gasteiger partial charge < -0.3 is 5.73 Å². The summed E-state index contributed by atoms with van der Waals surface area (Å²) >= 11 is 5.35.